The van der Waals surface area contributed by atoms with Crippen LogP contribution in [0, 0.1) is 6.92 Å². The predicted molar refractivity (Wildman–Crippen MR) is 123 cm³/mol. The molecule has 3 N–H and O–H groups in total. The summed E-state index contributed by atoms with van der Waals surface area (Å²) in [6.07, 6.45) is 1.14. The van der Waals surface area contributed by atoms with Gasteiger partial charge in [0.15, 0.2) is 17.3 Å². The number of fused-ring (bicyclic) bond motifs is 3. The molecule has 33 heavy (non-hydrogen) atoms. The second kappa shape index (κ2) is 8.12. The van der Waals surface area contributed by atoms with Crippen molar-refractivity contribution in [2.45, 2.75) is 31.9 Å². The van der Waals surface area contributed by atoms with E-state index in [1.165, 1.54) is 25.6 Å². The lowest BCUT2D eigenvalue weighted by Crippen LogP contribution is -2.38. The van der Waals surface area contributed by atoms with Gasteiger partial charge in [-0.3, -0.25) is 14.4 Å². The maximum absolute atomic E-state index is 13.3. The van der Waals surface area contributed by atoms with Crippen LogP contribution in [0.3, 0.4) is 0 Å². The van der Waals surface area contributed by atoms with Crippen LogP contribution in [0.15, 0.2) is 53.5 Å². The minimum atomic E-state index is -1.63. The lowest BCUT2D eigenvalue weighted by molar-refractivity contribution is -0.123. The number of Topliss-reactive ketones (excluding diaryl/α,β-unsaturated/α-hetero) is 3. The molecule has 0 bridgehead atoms. The summed E-state index contributed by atoms with van der Waals surface area (Å²) in [5.41, 5.74) is -1.13. The molecule has 1 atom stereocenters. The molecule has 1 aliphatic carbocycles. The van der Waals surface area contributed by atoms with E-state index in [2.05, 4.69) is 0 Å². The van der Waals surface area contributed by atoms with Crippen LogP contribution in [0.25, 0.3) is 0 Å². The zero-order valence-corrected chi connectivity index (χ0v) is 19.1. The summed E-state index contributed by atoms with van der Waals surface area (Å²) >= 11 is 1.35. The third-order valence-electron chi connectivity index (χ3n) is 6.02. The molecule has 170 valence electrons. The van der Waals surface area contributed by atoms with E-state index in [-0.39, 0.29) is 34.0 Å². The normalized spacial score (nSPS) is 19.0. The number of carbonyl (C=O) groups excluding carboxylic acids is 3. The van der Waals surface area contributed by atoms with Crippen molar-refractivity contribution in [2.24, 2.45) is 0 Å². The van der Waals surface area contributed by atoms with E-state index in [1.54, 1.807) is 0 Å². The van der Waals surface area contributed by atoms with Crippen LogP contribution in [0.2, 0.25) is 0 Å². The number of rotatable bonds is 6. The third kappa shape index (κ3) is 3.41. The maximum Gasteiger partial charge on any atom is 0.188 e. The highest BCUT2D eigenvalue weighted by Crippen LogP contribution is 2.57. The van der Waals surface area contributed by atoms with Crippen LogP contribution in [0.1, 0.15) is 40.9 Å². The molecule has 0 aromatic heterocycles. The smallest absolute Gasteiger partial charge is 0.188 e. The van der Waals surface area contributed by atoms with E-state index >= 15 is 0 Å². The highest BCUT2D eigenvalue weighted by molar-refractivity contribution is 7.99. The number of ketones is 3. The number of aromatic hydroxyl groups is 2. The third-order valence-corrected chi connectivity index (χ3v) is 7.03. The zero-order valence-electron chi connectivity index (χ0n) is 18.3. The van der Waals surface area contributed by atoms with E-state index in [1.807, 2.05) is 30.3 Å². The van der Waals surface area contributed by atoms with Crippen molar-refractivity contribution in [3.63, 3.8) is 0 Å². The molecule has 2 aromatic carbocycles. The number of phenolic OH excluding ortho intramolecular Hbond substituents is 2. The topological polar surface area (TPSA) is 121 Å². The van der Waals surface area contributed by atoms with Crippen LogP contribution in [0.5, 0.6) is 17.2 Å². The van der Waals surface area contributed by atoms with Crippen LogP contribution in [-0.4, -0.2) is 38.4 Å². The van der Waals surface area contributed by atoms with Crippen LogP contribution < -0.4 is 4.74 Å². The molecule has 0 fully saturated rings. The number of benzene rings is 2. The highest BCUT2D eigenvalue weighted by Gasteiger charge is 2.55. The molecule has 4 rings (SSSR count). The predicted octanol–water partition coefficient (Wildman–Crippen LogP) is 4.04. The molecule has 0 saturated heterocycles. The number of ether oxygens (including phenoxy) is 1. The standard InChI is InChI=1S/C25H22O7S/c1-12-21(29)19(16(28)11-33-10-14-7-5-4-6-8-14)23-20(22(12)30)25(3)17(32-23)9-15(27)18(13(2)26)24(25)31/h4-9,27,29-30H,10-11H2,1-3H3/t25-/m0/s1. The Balaban J connectivity index is 1.76. The summed E-state index contributed by atoms with van der Waals surface area (Å²) in [4.78, 5) is 38.4. The molecule has 2 aromatic rings. The number of allylic oxidation sites excluding steroid dienone is 3. The number of aliphatic hydroxyl groups is 1. The summed E-state index contributed by atoms with van der Waals surface area (Å²) < 4.78 is 5.80. The molecule has 7 nitrogen and oxygen atoms in total. The molecule has 0 radical (unpaired) electrons. The molecule has 0 unspecified atom stereocenters. The summed E-state index contributed by atoms with van der Waals surface area (Å²) in [6, 6.07) is 9.59. The SMILES string of the molecule is CC(=O)C1=C(O)C=C2Oc3c(C(=O)CSCc4ccccc4)c(O)c(C)c(O)c3[C@@]2(C)C1=O. The van der Waals surface area contributed by atoms with Gasteiger partial charge >= 0.3 is 0 Å². The Bertz CT molecular complexity index is 1270. The fourth-order valence-corrected chi connectivity index (χ4v) is 5.06. The highest BCUT2D eigenvalue weighted by atomic mass is 32.2. The molecule has 1 aliphatic heterocycles. The van der Waals surface area contributed by atoms with Gasteiger partial charge in [0.1, 0.15) is 45.3 Å². The first-order valence-electron chi connectivity index (χ1n) is 10.2. The van der Waals surface area contributed by atoms with E-state index < -0.39 is 45.6 Å². The van der Waals surface area contributed by atoms with Gasteiger partial charge in [0.05, 0.1) is 11.3 Å². The lowest BCUT2D eigenvalue weighted by atomic mass is 9.71. The van der Waals surface area contributed by atoms with Crippen molar-refractivity contribution in [3.05, 3.63) is 75.8 Å². The van der Waals surface area contributed by atoms with Gasteiger partial charge in [-0.05, 0) is 26.3 Å². The van der Waals surface area contributed by atoms with Crippen LogP contribution in [0.4, 0.5) is 0 Å². The second-order valence-corrected chi connectivity index (χ2v) is 9.17. The number of thioether (sulfide) groups is 1. The fourth-order valence-electron chi connectivity index (χ4n) is 4.20. The summed E-state index contributed by atoms with van der Waals surface area (Å²) in [6.45, 7) is 4.04. The zero-order chi connectivity index (χ0) is 24.1. The van der Waals surface area contributed by atoms with Gasteiger partial charge in [0.2, 0.25) is 0 Å². The molecule has 8 heteroatoms. The Kier molecular flexibility index (Phi) is 5.57. The van der Waals surface area contributed by atoms with Crippen molar-refractivity contribution in [3.8, 4) is 17.2 Å². The van der Waals surface area contributed by atoms with Gasteiger partial charge in [0.25, 0.3) is 0 Å². The summed E-state index contributed by atoms with van der Waals surface area (Å²) in [5.74, 6) is -2.77. The summed E-state index contributed by atoms with van der Waals surface area (Å²) in [5, 5.41) is 31.8. The molecular weight excluding hydrogens is 444 g/mol. The van der Waals surface area contributed by atoms with Crippen molar-refractivity contribution in [2.75, 3.05) is 5.75 Å². The lowest BCUT2D eigenvalue weighted by Gasteiger charge is -2.28. The number of aliphatic hydroxyl groups excluding tert-OH is 1. The molecular formula is C25H22O7S. The van der Waals surface area contributed by atoms with Crippen molar-refractivity contribution < 1.29 is 34.4 Å². The average Bonchev–Trinajstić information content (AvgIpc) is 3.06. The Morgan fingerprint density at radius 1 is 1.09 bits per heavy atom. The molecule has 0 saturated carbocycles. The number of hydrogen-bond donors (Lipinski definition) is 3. The molecule has 2 aliphatic rings. The van der Waals surface area contributed by atoms with Crippen molar-refractivity contribution in [1.82, 2.24) is 0 Å². The minimum absolute atomic E-state index is 0.00305. The number of phenols is 2. The molecule has 0 amide bonds. The number of carbonyl (C=O) groups is 3. The molecule has 0 spiro atoms. The Labute approximate surface area is 194 Å². The van der Waals surface area contributed by atoms with Gasteiger partial charge in [-0.1, -0.05) is 30.3 Å². The average molecular weight is 467 g/mol. The van der Waals surface area contributed by atoms with Gasteiger partial charge in [-0.25, -0.2) is 0 Å². The monoisotopic (exact) mass is 466 g/mol. The second-order valence-electron chi connectivity index (χ2n) is 8.18. The Hall–Kier alpha value is -3.52. The first-order chi connectivity index (χ1) is 15.6. The summed E-state index contributed by atoms with van der Waals surface area (Å²) in [7, 11) is 0. The Morgan fingerprint density at radius 2 is 1.76 bits per heavy atom. The Morgan fingerprint density at radius 3 is 2.39 bits per heavy atom. The maximum atomic E-state index is 13.3. The van der Waals surface area contributed by atoms with E-state index in [4.69, 9.17) is 4.74 Å². The van der Waals surface area contributed by atoms with Crippen LogP contribution >= 0.6 is 11.8 Å². The van der Waals surface area contributed by atoms with Gasteiger partial charge < -0.3 is 20.1 Å². The van der Waals surface area contributed by atoms with Crippen LogP contribution in [-0.2, 0) is 20.8 Å². The first kappa shape index (κ1) is 22.7. The van der Waals surface area contributed by atoms with E-state index in [0.29, 0.717) is 5.75 Å². The van der Waals surface area contributed by atoms with Crippen molar-refractivity contribution in [1.29, 1.82) is 0 Å². The van der Waals surface area contributed by atoms with Crippen molar-refractivity contribution >= 4 is 29.1 Å². The van der Waals surface area contributed by atoms with Gasteiger partial charge in [0, 0.05) is 17.4 Å². The largest absolute Gasteiger partial charge is 0.507 e. The first-order valence-corrected chi connectivity index (χ1v) is 11.4. The fraction of sp³-hybridized carbons (Fsp3) is 0.240. The van der Waals surface area contributed by atoms with E-state index in [0.717, 1.165) is 18.6 Å². The minimum Gasteiger partial charge on any atom is -0.507 e. The van der Waals surface area contributed by atoms with Gasteiger partial charge in [-0.2, -0.15) is 0 Å². The number of hydrogen-bond acceptors (Lipinski definition) is 8. The van der Waals surface area contributed by atoms with E-state index in [9.17, 15) is 29.7 Å². The van der Waals surface area contributed by atoms with Gasteiger partial charge in [-0.15, -0.1) is 11.8 Å². The quantitative estimate of drug-likeness (QED) is 0.431. The molecule has 1 heterocycles.